The maximum atomic E-state index is 13.4. The highest BCUT2D eigenvalue weighted by Crippen LogP contribution is 2.25. The fourth-order valence-corrected chi connectivity index (χ4v) is 4.20. The number of halogens is 2. The first kappa shape index (κ1) is 22.7. The van der Waals surface area contributed by atoms with Gasteiger partial charge in [-0.05, 0) is 36.4 Å². The summed E-state index contributed by atoms with van der Waals surface area (Å²) in [7, 11) is 0. The molecule has 11 heteroatoms. The molecule has 0 bridgehead atoms. The quantitative estimate of drug-likeness (QED) is 0.394. The zero-order chi connectivity index (χ0) is 22.3. The molecule has 1 saturated heterocycles. The first-order valence-corrected chi connectivity index (χ1v) is 11.5. The van der Waals surface area contributed by atoms with Crippen LogP contribution in [0.4, 0.5) is 10.1 Å². The Morgan fingerprint density at radius 3 is 2.69 bits per heavy atom. The number of nitrogens with zero attached hydrogens (tertiary/aromatic N) is 5. The smallest absolute Gasteiger partial charge is 0.234 e. The molecule has 0 atom stereocenters. The van der Waals surface area contributed by atoms with Gasteiger partial charge in [-0.25, -0.2) is 9.37 Å². The molecule has 2 aromatic heterocycles. The number of thioether (sulfide) groups is 1. The number of hydrogen-bond donors (Lipinski definition) is 1. The predicted molar refractivity (Wildman–Crippen MR) is 121 cm³/mol. The van der Waals surface area contributed by atoms with Crippen LogP contribution in [-0.2, 0) is 16.1 Å². The second-order valence-electron chi connectivity index (χ2n) is 7.10. The first-order valence-electron chi connectivity index (χ1n) is 10.1. The van der Waals surface area contributed by atoms with Crippen molar-refractivity contribution in [1.82, 2.24) is 24.6 Å². The molecule has 1 amide bonds. The van der Waals surface area contributed by atoms with E-state index in [-0.39, 0.29) is 22.6 Å². The van der Waals surface area contributed by atoms with E-state index in [0.29, 0.717) is 36.4 Å². The van der Waals surface area contributed by atoms with E-state index in [0.717, 1.165) is 25.2 Å². The van der Waals surface area contributed by atoms with Crippen LogP contribution in [0.5, 0.6) is 0 Å². The zero-order valence-corrected chi connectivity index (χ0v) is 18.8. The van der Waals surface area contributed by atoms with Gasteiger partial charge in [0.15, 0.2) is 16.1 Å². The summed E-state index contributed by atoms with van der Waals surface area (Å²) in [6.07, 6.45) is 1.56. The van der Waals surface area contributed by atoms with Crippen molar-refractivity contribution in [3.63, 3.8) is 0 Å². The monoisotopic (exact) mass is 476 g/mol. The van der Waals surface area contributed by atoms with Gasteiger partial charge in [0.1, 0.15) is 5.82 Å². The van der Waals surface area contributed by atoms with Crippen molar-refractivity contribution in [3.05, 3.63) is 53.6 Å². The van der Waals surface area contributed by atoms with Gasteiger partial charge >= 0.3 is 0 Å². The number of hydrogen-bond acceptors (Lipinski definition) is 7. The number of carbonyl (C=O) groups is 1. The average molecular weight is 477 g/mol. The van der Waals surface area contributed by atoms with Crippen LogP contribution in [0.2, 0.25) is 5.15 Å². The molecule has 4 rings (SSSR count). The number of carbonyl (C=O) groups excluding carboxylic acids is 1. The predicted octanol–water partition coefficient (Wildman–Crippen LogP) is 3.20. The molecule has 3 heterocycles. The van der Waals surface area contributed by atoms with Gasteiger partial charge in [0, 0.05) is 37.9 Å². The molecule has 1 fully saturated rings. The SMILES string of the molecule is O=C(CSc1nnc(-c2ccc(F)cc2)n1CCN1CCOCC1)Nc1cccnc1Cl. The van der Waals surface area contributed by atoms with Crippen LogP contribution in [0.1, 0.15) is 0 Å². The third-order valence-corrected chi connectivity index (χ3v) is 6.20. The highest BCUT2D eigenvalue weighted by molar-refractivity contribution is 7.99. The number of rotatable bonds is 8. The van der Waals surface area contributed by atoms with Gasteiger partial charge < -0.3 is 14.6 Å². The first-order chi connectivity index (χ1) is 15.6. The van der Waals surface area contributed by atoms with Crippen LogP contribution in [0.25, 0.3) is 11.4 Å². The molecule has 0 radical (unpaired) electrons. The number of nitrogens with one attached hydrogen (secondary N) is 1. The van der Waals surface area contributed by atoms with E-state index in [4.69, 9.17) is 16.3 Å². The lowest BCUT2D eigenvalue weighted by molar-refractivity contribution is -0.113. The Morgan fingerprint density at radius 2 is 1.94 bits per heavy atom. The van der Waals surface area contributed by atoms with Crippen molar-refractivity contribution >= 4 is 35.0 Å². The van der Waals surface area contributed by atoms with Crippen LogP contribution in [0, 0.1) is 5.82 Å². The Hall–Kier alpha value is -2.53. The molecule has 1 aliphatic heterocycles. The fourth-order valence-electron chi connectivity index (χ4n) is 3.27. The topological polar surface area (TPSA) is 85.2 Å². The summed E-state index contributed by atoms with van der Waals surface area (Å²) < 4.78 is 20.8. The third kappa shape index (κ3) is 5.83. The third-order valence-electron chi connectivity index (χ3n) is 4.93. The minimum atomic E-state index is -0.312. The van der Waals surface area contributed by atoms with E-state index in [9.17, 15) is 9.18 Å². The maximum absolute atomic E-state index is 13.4. The number of aromatic nitrogens is 4. The van der Waals surface area contributed by atoms with Gasteiger partial charge in [0.25, 0.3) is 0 Å². The number of anilines is 1. The number of amides is 1. The molecule has 1 N–H and O–H groups in total. The van der Waals surface area contributed by atoms with Gasteiger partial charge in [-0.15, -0.1) is 10.2 Å². The Balaban J connectivity index is 1.48. The van der Waals surface area contributed by atoms with Crippen molar-refractivity contribution in [2.24, 2.45) is 0 Å². The standard InChI is InChI=1S/C21H22ClFN6O2S/c22-19-17(2-1-7-24-19)25-18(30)14-32-21-27-26-20(15-3-5-16(23)6-4-15)29(21)9-8-28-10-12-31-13-11-28/h1-7H,8-14H2,(H,25,30). The molecule has 1 aromatic carbocycles. The molecule has 3 aromatic rings. The van der Waals surface area contributed by atoms with E-state index in [2.05, 4.69) is 25.4 Å². The molecule has 1 aliphatic rings. The van der Waals surface area contributed by atoms with Crippen LogP contribution in [-0.4, -0.2) is 69.2 Å². The lowest BCUT2D eigenvalue weighted by Crippen LogP contribution is -2.38. The highest BCUT2D eigenvalue weighted by Gasteiger charge is 2.18. The number of benzene rings is 1. The van der Waals surface area contributed by atoms with Gasteiger partial charge in [0.2, 0.25) is 5.91 Å². The van der Waals surface area contributed by atoms with Gasteiger partial charge in [-0.3, -0.25) is 9.69 Å². The van der Waals surface area contributed by atoms with Crippen molar-refractivity contribution in [2.45, 2.75) is 11.7 Å². The Labute approximate surface area is 194 Å². The molecular weight excluding hydrogens is 455 g/mol. The summed E-state index contributed by atoms with van der Waals surface area (Å²) in [5, 5.41) is 12.2. The van der Waals surface area contributed by atoms with E-state index >= 15 is 0 Å². The van der Waals surface area contributed by atoms with Crippen molar-refractivity contribution in [3.8, 4) is 11.4 Å². The summed E-state index contributed by atoms with van der Waals surface area (Å²) in [4.78, 5) is 18.7. The molecule has 0 spiro atoms. The lowest BCUT2D eigenvalue weighted by atomic mass is 10.2. The number of ether oxygens (including phenoxy) is 1. The molecule has 0 unspecified atom stereocenters. The van der Waals surface area contributed by atoms with Gasteiger partial charge in [-0.1, -0.05) is 23.4 Å². The summed E-state index contributed by atoms with van der Waals surface area (Å²) in [6, 6.07) is 9.54. The Kier molecular flexibility index (Phi) is 7.69. The molecule has 32 heavy (non-hydrogen) atoms. The van der Waals surface area contributed by atoms with E-state index in [1.54, 1.807) is 30.5 Å². The molecular formula is C21H22ClFN6O2S. The van der Waals surface area contributed by atoms with Crippen LogP contribution < -0.4 is 5.32 Å². The van der Waals surface area contributed by atoms with Crippen LogP contribution in [0.3, 0.4) is 0 Å². The highest BCUT2D eigenvalue weighted by atomic mass is 35.5. The Morgan fingerprint density at radius 1 is 1.16 bits per heavy atom. The van der Waals surface area contributed by atoms with Gasteiger partial charge in [0.05, 0.1) is 24.7 Å². The minimum Gasteiger partial charge on any atom is -0.379 e. The number of morpholine rings is 1. The van der Waals surface area contributed by atoms with E-state index in [1.807, 2.05) is 4.57 Å². The summed E-state index contributed by atoms with van der Waals surface area (Å²) in [6.45, 7) is 4.59. The largest absolute Gasteiger partial charge is 0.379 e. The van der Waals surface area contributed by atoms with E-state index < -0.39 is 0 Å². The second kappa shape index (κ2) is 10.9. The maximum Gasteiger partial charge on any atom is 0.234 e. The molecule has 8 nitrogen and oxygen atoms in total. The van der Waals surface area contributed by atoms with Gasteiger partial charge in [-0.2, -0.15) is 0 Å². The summed E-state index contributed by atoms with van der Waals surface area (Å²) in [5.41, 5.74) is 1.22. The van der Waals surface area contributed by atoms with E-state index in [1.165, 1.54) is 23.9 Å². The second-order valence-corrected chi connectivity index (χ2v) is 8.40. The molecule has 168 valence electrons. The minimum absolute atomic E-state index is 0.129. The molecule has 0 saturated carbocycles. The number of pyridine rings is 1. The fraction of sp³-hybridized carbons (Fsp3) is 0.333. The zero-order valence-electron chi connectivity index (χ0n) is 17.2. The van der Waals surface area contributed by atoms with Crippen molar-refractivity contribution < 1.29 is 13.9 Å². The van der Waals surface area contributed by atoms with Crippen molar-refractivity contribution in [1.29, 1.82) is 0 Å². The summed E-state index contributed by atoms with van der Waals surface area (Å²) >= 11 is 7.29. The average Bonchev–Trinajstić information content (AvgIpc) is 3.22. The van der Waals surface area contributed by atoms with Crippen LogP contribution in [0.15, 0.2) is 47.8 Å². The van der Waals surface area contributed by atoms with Crippen molar-refractivity contribution in [2.75, 3.05) is 43.9 Å². The molecule has 0 aliphatic carbocycles. The lowest BCUT2D eigenvalue weighted by Gasteiger charge is -2.27. The van der Waals surface area contributed by atoms with Crippen LogP contribution >= 0.6 is 23.4 Å². The summed E-state index contributed by atoms with van der Waals surface area (Å²) in [5.74, 6) is 0.227. The normalized spacial score (nSPS) is 14.4. The Bertz CT molecular complexity index is 1060.